The summed E-state index contributed by atoms with van der Waals surface area (Å²) in [6, 6.07) is 10.6. The number of benzene rings is 2. The molecule has 112 valence electrons. The summed E-state index contributed by atoms with van der Waals surface area (Å²) in [4.78, 5) is 34.3. The third kappa shape index (κ3) is 3.36. The Morgan fingerprint density at radius 3 is 1.95 bits per heavy atom. The van der Waals surface area contributed by atoms with Gasteiger partial charge in [0.1, 0.15) is 5.69 Å². The number of nitrogens with two attached hydrogens (primary N) is 1. The van der Waals surface area contributed by atoms with E-state index in [2.05, 4.69) is 0 Å². The van der Waals surface area contributed by atoms with Crippen molar-refractivity contribution in [2.75, 3.05) is 0 Å². The third-order valence-electron chi connectivity index (χ3n) is 3.16. The van der Waals surface area contributed by atoms with Crippen molar-refractivity contribution >= 4 is 23.5 Å². The number of primary amides is 1. The number of amides is 1. The fourth-order valence-electron chi connectivity index (χ4n) is 2.06. The summed E-state index contributed by atoms with van der Waals surface area (Å²) in [5.41, 5.74) is 1.16. The minimum Gasteiger partial charge on any atom is -0.478 e. The van der Waals surface area contributed by atoms with E-state index in [4.69, 9.17) is 10.2 Å². The number of aromatic carboxylic acids is 2. The van der Waals surface area contributed by atoms with E-state index in [1.807, 2.05) is 0 Å². The van der Waals surface area contributed by atoms with Crippen LogP contribution in [0.15, 0.2) is 42.5 Å². The molecular weight excluding hydrogens is 286 g/mol. The van der Waals surface area contributed by atoms with E-state index in [9.17, 15) is 14.4 Å². The molecule has 2 rings (SSSR count). The van der Waals surface area contributed by atoms with Crippen molar-refractivity contribution in [2.45, 2.75) is 6.92 Å². The van der Waals surface area contributed by atoms with Crippen molar-refractivity contribution in [3.05, 3.63) is 64.7 Å². The van der Waals surface area contributed by atoms with Crippen molar-refractivity contribution in [3.8, 4) is 0 Å². The van der Waals surface area contributed by atoms with Crippen LogP contribution in [0.5, 0.6) is 0 Å². The molecule has 0 aliphatic heterocycles. The average molecular weight is 300 g/mol. The van der Waals surface area contributed by atoms with Crippen molar-refractivity contribution in [2.24, 2.45) is 0 Å². The normalized spacial score (nSPS) is 10.2. The predicted octanol–water partition coefficient (Wildman–Crippen LogP) is 1.43. The van der Waals surface area contributed by atoms with Gasteiger partial charge in [0.05, 0.1) is 16.7 Å². The Labute approximate surface area is 126 Å². The maximum absolute atomic E-state index is 12.2. The first-order valence-electron chi connectivity index (χ1n) is 6.45. The largest absolute Gasteiger partial charge is 0.478 e. The number of aryl methyl sites for hydroxylation is 1. The lowest BCUT2D eigenvalue weighted by molar-refractivity contribution is -0.464. The van der Waals surface area contributed by atoms with Gasteiger partial charge in [0.15, 0.2) is 0 Å². The molecule has 22 heavy (non-hydrogen) atoms. The maximum Gasteiger partial charge on any atom is 0.347 e. The molecule has 0 aromatic heterocycles. The molecule has 2 aromatic carbocycles. The zero-order valence-corrected chi connectivity index (χ0v) is 11.7. The lowest BCUT2D eigenvalue weighted by Gasteiger charge is -2.05. The van der Waals surface area contributed by atoms with E-state index in [-0.39, 0.29) is 22.7 Å². The van der Waals surface area contributed by atoms with E-state index in [1.54, 1.807) is 31.2 Å². The fraction of sp³-hybridized carbons (Fsp3) is 0.0625. The molecule has 2 aromatic rings. The van der Waals surface area contributed by atoms with Gasteiger partial charge in [-0.05, 0) is 24.6 Å². The Hall–Kier alpha value is -2.99. The Balaban J connectivity index is 2.37. The van der Waals surface area contributed by atoms with Crippen molar-refractivity contribution in [1.82, 2.24) is 0 Å². The molecule has 0 fully saturated rings. The molecule has 0 atom stereocenters. The molecule has 0 aliphatic carbocycles. The minimum atomic E-state index is -1.25. The maximum atomic E-state index is 12.2. The smallest absolute Gasteiger partial charge is 0.347 e. The van der Waals surface area contributed by atoms with Crippen LogP contribution < -0.4 is 5.32 Å². The molecule has 0 saturated heterocycles. The standard InChI is InChI=1S/C16H13NO5/c1-9-4-2-3-5-13(9)14(18)17-12-7-10(15(19)20)6-11(8-12)16(21)22/h2-8H,1H3,(H,17,18)(H,19,20)(H,21,22)/p+1. The lowest BCUT2D eigenvalue weighted by Crippen LogP contribution is -2.82. The van der Waals surface area contributed by atoms with Crippen LogP contribution in [0.2, 0.25) is 0 Å². The van der Waals surface area contributed by atoms with Gasteiger partial charge < -0.3 is 10.2 Å². The molecule has 0 bridgehead atoms. The summed E-state index contributed by atoms with van der Waals surface area (Å²) in [5.74, 6) is -2.81. The second-order valence-corrected chi connectivity index (χ2v) is 4.78. The second-order valence-electron chi connectivity index (χ2n) is 4.78. The van der Waals surface area contributed by atoms with Crippen molar-refractivity contribution in [1.29, 1.82) is 0 Å². The highest BCUT2D eigenvalue weighted by Crippen LogP contribution is 2.12. The molecule has 1 amide bonds. The van der Waals surface area contributed by atoms with Gasteiger partial charge >= 0.3 is 17.8 Å². The second kappa shape index (κ2) is 6.19. The predicted molar refractivity (Wildman–Crippen MR) is 77.5 cm³/mol. The topological polar surface area (TPSA) is 108 Å². The number of carbonyl (C=O) groups is 3. The molecule has 0 radical (unpaired) electrons. The van der Waals surface area contributed by atoms with Gasteiger partial charge in [-0.15, -0.1) is 0 Å². The van der Waals surface area contributed by atoms with E-state index in [0.717, 1.165) is 11.6 Å². The first-order valence-corrected chi connectivity index (χ1v) is 6.45. The SMILES string of the molecule is Cc1ccccc1C(=O)[NH2+]c1cc(C(=O)O)cc(C(=O)O)c1. The van der Waals surface area contributed by atoms with Gasteiger partial charge in [-0.1, -0.05) is 18.2 Å². The third-order valence-corrected chi connectivity index (χ3v) is 3.16. The summed E-state index contributed by atoms with van der Waals surface area (Å²) in [6.07, 6.45) is 0. The molecule has 6 heteroatoms. The minimum absolute atomic E-state index is 0.177. The van der Waals surface area contributed by atoms with Crippen LogP contribution in [0.4, 0.5) is 5.69 Å². The summed E-state index contributed by atoms with van der Waals surface area (Å²) >= 11 is 0. The number of carboxylic acids is 2. The zero-order chi connectivity index (χ0) is 16.3. The van der Waals surface area contributed by atoms with Crippen LogP contribution in [-0.2, 0) is 0 Å². The summed E-state index contributed by atoms with van der Waals surface area (Å²) in [6.45, 7) is 1.79. The van der Waals surface area contributed by atoms with Gasteiger partial charge in [-0.25, -0.2) is 19.7 Å². The van der Waals surface area contributed by atoms with E-state index < -0.39 is 11.9 Å². The molecule has 0 spiro atoms. The van der Waals surface area contributed by atoms with Gasteiger partial charge in [0.2, 0.25) is 0 Å². The highest BCUT2D eigenvalue weighted by atomic mass is 16.4. The Morgan fingerprint density at radius 2 is 1.45 bits per heavy atom. The van der Waals surface area contributed by atoms with Crippen LogP contribution in [0.3, 0.4) is 0 Å². The molecule has 0 unspecified atom stereocenters. The van der Waals surface area contributed by atoms with Crippen LogP contribution >= 0.6 is 0 Å². The van der Waals surface area contributed by atoms with Crippen molar-refractivity contribution < 1.29 is 29.9 Å². The summed E-state index contributed by atoms with van der Waals surface area (Å²) in [5, 5.41) is 19.3. The first kappa shape index (κ1) is 15.4. The van der Waals surface area contributed by atoms with Crippen LogP contribution in [-0.4, -0.2) is 28.1 Å². The van der Waals surface area contributed by atoms with Gasteiger partial charge in [-0.2, -0.15) is 0 Å². The van der Waals surface area contributed by atoms with Crippen molar-refractivity contribution in [3.63, 3.8) is 0 Å². The average Bonchev–Trinajstić information content (AvgIpc) is 2.47. The number of quaternary nitrogens is 1. The first-order chi connectivity index (χ1) is 10.4. The van der Waals surface area contributed by atoms with Gasteiger partial charge in [0.25, 0.3) is 0 Å². The number of hydrogen-bond acceptors (Lipinski definition) is 3. The Morgan fingerprint density at radius 1 is 0.909 bits per heavy atom. The molecule has 0 aliphatic rings. The zero-order valence-electron chi connectivity index (χ0n) is 11.7. The summed E-state index contributed by atoms with van der Waals surface area (Å²) in [7, 11) is 0. The Kier molecular flexibility index (Phi) is 4.33. The molecule has 6 nitrogen and oxygen atoms in total. The number of carboxylic acid groups (broad SMARTS) is 2. The molecule has 0 saturated carbocycles. The highest BCUT2D eigenvalue weighted by Gasteiger charge is 2.18. The highest BCUT2D eigenvalue weighted by molar-refractivity contribution is 5.95. The Bertz CT molecular complexity index is 735. The number of hydrogen-bond donors (Lipinski definition) is 3. The van der Waals surface area contributed by atoms with E-state index >= 15 is 0 Å². The number of rotatable bonds is 4. The van der Waals surface area contributed by atoms with Crippen LogP contribution in [0.1, 0.15) is 36.6 Å². The fourth-order valence-corrected chi connectivity index (χ4v) is 2.06. The lowest BCUT2D eigenvalue weighted by atomic mass is 10.1. The number of carbonyl (C=O) groups excluding carboxylic acids is 1. The van der Waals surface area contributed by atoms with Gasteiger partial charge in [-0.3, -0.25) is 0 Å². The van der Waals surface area contributed by atoms with E-state index in [1.165, 1.54) is 17.4 Å². The monoisotopic (exact) mass is 300 g/mol. The molecular formula is C16H14NO5+. The van der Waals surface area contributed by atoms with Gasteiger partial charge in [0, 0.05) is 12.1 Å². The van der Waals surface area contributed by atoms with Crippen LogP contribution in [0.25, 0.3) is 0 Å². The molecule has 0 heterocycles. The van der Waals surface area contributed by atoms with E-state index in [0.29, 0.717) is 5.56 Å². The summed E-state index contributed by atoms with van der Waals surface area (Å²) < 4.78 is 0. The quantitative estimate of drug-likeness (QED) is 0.740. The van der Waals surface area contributed by atoms with Crippen LogP contribution in [0, 0.1) is 6.92 Å². The molecule has 4 N–H and O–H groups in total.